The molecule has 0 unspecified atom stereocenters. The van der Waals surface area contributed by atoms with E-state index in [0.717, 1.165) is 11.4 Å². The van der Waals surface area contributed by atoms with E-state index in [2.05, 4.69) is 14.9 Å². The molecule has 146 valence electrons. The Morgan fingerprint density at radius 3 is 1.93 bits per heavy atom. The predicted molar refractivity (Wildman–Crippen MR) is 108 cm³/mol. The summed E-state index contributed by atoms with van der Waals surface area (Å²) in [5.41, 5.74) is 2.64. The van der Waals surface area contributed by atoms with Crippen molar-refractivity contribution in [2.75, 3.05) is 0 Å². The Kier molecular flexibility index (Phi) is 6.05. The summed E-state index contributed by atoms with van der Waals surface area (Å²) in [6, 6.07) is 14.4. The zero-order chi connectivity index (χ0) is 20.1. The fourth-order valence-corrected chi connectivity index (χ4v) is 3.20. The third-order valence-electron chi connectivity index (χ3n) is 4.58. The van der Waals surface area contributed by atoms with Crippen molar-refractivity contribution in [1.82, 2.24) is 14.9 Å². The lowest BCUT2D eigenvalue weighted by molar-refractivity contribution is 0.237. The van der Waals surface area contributed by atoms with E-state index in [0.29, 0.717) is 30.8 Å². The third-order valence-corrected chi connectivity index (χ3v) is 4.58. The summed E-state index contributed by atoms with van der Waals surface area (Å²) >= 11 is 0. The van der Waals surface area contributed by atoms with Crippen molar-refractivity contribution < 1.29 is 9.50 Å². The first-order valence-electron chi connectivity index (χ1n) is 9.37. The van der Waals surface area contributed by atoms with Crippen molar-refractivity contribution in [2.45, 2.75) is 45.8 Å². The van der Waals surface area contributed by atoms with E-state index in [-0.39, 0.29) is 17.0 Å². The molecular weight excluding hydrogens is 353 g/mol. The summed E-state index contributed by atoms with van der Waals surface area (Å²) in [7, 11) is 0. The summed E-state index contributed by atoms with van der Waals surface area (Å²) in [5.74, 6) is -0.186. The van der Waals surface area contributed by atoms with Crippen LogP contribution in [0.15, 0.2) is 60.9 Å². The molecule has 0 spiro atoms. The minimum absolute atomic E-state index is 0.154. The first-order chi connectivity index (χ1) is 13.3. The number of phenolic OH excluding ortho intramolecular Hbond substituents is 1. The van der Waals surface area contributed by atoms with Gasteiger partial charge >= 0.3 is 0 Å². The fraction of sp³-hybridized carbons (Fsp3) is 0.304. The van der Waals surface area contributed by atoms with Gasteiger partial charge in [-0.05, 0) is 41.8 Å². The number of aromatic nitrogens is 2. The Morgan fingerprint density at radius 1 is 0.893 bits per heavy atom. The van der Waals surface area contributed by atoms with Gasteiger partial charge in [-0.25, -0.2) is 4.39 Å². The second-order valence-electron chi connectivity index (χ2n) is 8.00. The standard InChI is InChI=1S/C23H26FN3O/c1-23(2,3)21-13-18(24)12-17(22(21)28)14-27(15-19-8-4-6-10-25-19)16-20-9-5-7-11-26-20/h4-13,28H,14-16H2,1-3H3. The molecule has 3 aromatic rings. The first-order valence-corrected chi connectivity index (χ1v) is 9.37. The normalized spacial score (nSPS) is 11.8. The van der Waals surface area contributed by atoms with Gasteiger partial charge in [-0.2, -0.15) is 0 Å². The van der Waals surface area contributed by atoms with Gasteiger partial charge in [0.15, 0.2) is 0 Å². The third kappa shape index (κ3) is 5.14. The SMILES string of the molecule is CC(C)(C)c1cc(F)cc(CN(Cc2ccccn2)Cc2ccccn2)c1O. The van der Waals surface area contributed by atoms with Crippen LogP contribution in [0.1, 0.15) is 43.3 Å². The van der Waals surface area contributed by atoms with Gasteiger partial charge in [-0.15, -0.1) is 0 Å². The van der Waals surface area contributed by atoms with Crippen LogP contribution in [0.5, 0.6) is 5.75 Å². The van der Waals surface area contributed by atoms with Gasteiger partial charge in [0.2, 0.25) is 0 Å². The van der Waals surface area contributed by atoms with Crippen molar-refractivity contribution in [3.63, 3.8) is 0 Å². The van der Waals surface area contributed by atoms with Gasteiger partial charge in [0.1, 0.15) is 11.6 Å². The van der Waals surface area contributed by atoms with E-state index in [9.17, 15) is 9.50 Å². The fourth-order valence-electron chi connectivity index (χ4n) is 3.20. The molecule has 0 aliphatic carbocycles. The van der Waals surface area contributed by atoms with Crippen LogP contribution in [-0.4, -0.2) is 20.0 Å². The number of aromatic hydroxyl groups is 1. The van der Waals surface area contributed by atoms with Crippen LogP contribution in [0.2, 0.25) is 0 Å². The van der Waals surface area contributed by atoms with Gasteiger partial charge in [0.25, 0.3) is 0 Å². The number of halogens is 1. The molecule has 0 saturated carbocycles. The van der Waals surface area contributed by atoms with E-state index in [4.69, 9.17) is 0 Å². The molecule has 4 nitrogen and oxygen atoms in total. The molecule has 0 saturated heterocycles. The molecule has 3 rings (SSSR count). The molecule has 5 heteroatoms. The molecule has 0 aliphatic rings. The van der Waals surface area contributed by atoms with Crippen LogP contribution in [-0.2, 0) is 25.0 Å². The summed E-state index contributed by atoms with van der Waals surface area (Å²) < 4.78 is 14.3. The smallest absolute Gasteiger partial charge is 0.124 e. The molecule has 0 radical (unpaired) electrons. The van der Waals surface area contributed by atoms with Crippen LogP contribution in [0.4, 0.5) is 4.39 Å². The van der Waals surface area contributed by atoms with Crippen LogP contribution in [0, 0.1) is 5.82 Å². The average molecular weight is 379 g/mol. The Hall–Kier alpha value is -2.79. The molecule has 2 aromatic heterocycles. The number of hydrogen-bond donors (Lipinski definition) is 1. The summed E-state index contributed by atoms with van der Waals surface area (Å²) in [4.78, 5) is 10.9. The van der Waals surface area contributed by atoms with Crippen molar-refractivity contribution in [3.8, 4) is 5.75 Å². The molecule has 1 aromatic carbocycles. The largest absolute Gasteiger partial charge is 0.507 e. The maximum Gasteiger partial charge on any atom is 0.124 e. The zero-order valence-corrected chi connectivity index (χ0v) is 16.6. The lowest BCUT2D eigenvalue weighted by Crippen LogP contribution is -2.24. The number of benzene rings is 1. The summed E-state index contributed by atoms with van der Waals surface area (Å²) in [5, 5.41) is 10.8. The van der Waals surface area contributed by atoms with Gasteiger partial charge in [-0.3, -0.25) is 14.9 Å². The number of pyridine rings is 2. The van der Waals surface area contributed by atoms with Crippen molar-refractivity contribution in [2.24, 2.45) is 0 Å². The summed E-state index contributed by atoms with van der Waals surface area (Å²) in [6.45, 7) is 7.41. The van der Waals surface area contributed by atoms with Crippen molar-refractivity contribution in [3.05, 3.63) is 89.3 Å². The second-order valence-corrected chi connectivity index (χ2v) is 8.00. The summed E-state index contributed by atoms with van der Waals surface area (Å²) in [6.07, 6.45) is 3.51. The lowest BCUT2D eigenvalue weighted by Gasteiger charge is -2.26. The molecule has 0 aliphatic heterocycles. The van der Waals surface area contributed by atoms with Gasteiger partial charge in [-0.1, -0.05) is 32.9 Å². The number of nitrogens with zero attached hydrogens (tertiary/aromatic N) is 3. The van der Waals surface area contributed by atoms with Crippen LogP contribution >= 0.6 is 0 Å². The van der Waals surface area contributed by atoms with Crippen LogP contribution in [0.25, 0.3) is 0 Å². The molecule has 0 fully saturated rings. The monoisotopic (exact) mass is 379 g/mol. The molecule has 0 atom stereocenters. The molecule has 28 heavy (non-hydrogen) atoms. The molecule has 0 bridgehead atoms. The quantitative estimate of drug-likeness (QED) is 0.667. The second kappa shape index (κ2) is 8.48. The maximum absolute atomic E-state index is 14.3. The van der Waals surface area contributed by atoms with E-state index >= 15 is 0 Å². The molecule has 0 amide bonds. The van der Waals surface area contributed by atoms with Gasteiger partial charge < -0.3 is 5.11 Å². The van der Waals surface area contributed by atoms with Crippen LogP contribution < -0.4 is 0 Å². The number of phenols is 1. The van der Waals surface area contributed by atoms with E-state index in [1.807, 2.05) is 57.2 Å². The first kappa shape index (κ1) is 20.0. The topological polar surface area (TPSA) is 49.2 Å². The lowest BCUT2D eigenvalue weighted by atomic mass is 9.85. The van der Waals surface area contributed by atoms with Crippen LogP contribution in [0.3, 0.4) is 0 Å². The Labute approximate surface area is 165 Å². The van der Waals surface area contributed by atoms with E-state index < -0.39 is 0 Å². The van der Waals surface area contributed by atoms with Crippen molar-refractivity contribution in [1.29, 1.82) is 0 Å². The molecule has 2 heterocycles. The Bertz CT molecular complexity index is 867. The minimum atomic E-state index is -0.353. The highest BCUT2D eigenvalue weighted by atomic mass is 19.1. The number of hydrogen-bond acceptors (Lipinski definition) is 4. The highest BCUT2D eigenvalue weighted by Gasteiger charge is 2.23. The van der Waals surface area contributed by atoms with E-state index in [1.54, 1.807) is 12.4 Å². The Morgan fingerprint density at radius 2 is 1.46 bits per heavy atom. The van der Waals surface area contributed by atoms with Crippen molar-refractivity contribution >= 4 is 0 Å². The van der Waals surface area contributed by atoms with Gasteiger partial charge in [0.05, 0.1) is 11.4 Å². The van der Waals surface area contributed by atoms with Gasteiger partial charge in [0, 0.05) is 43.2 Å². The highest BCUT2D eigenvalue weighted by molar-refractivity contribution is 5.44. The molecular formula is C23H26FN3O. The minimum Gasteiger partial charge on any atom is -0.507 e. The van der Waals surface area contributed by atoms with E-state index in [1.165, 1.54) is 12.1 Å². The average Bonchev–Trinajstić information content (AvgIpc) is 2.65. The zero-order valence-electron chi connectivity index (χ0n) is 16.6. The maximum atomic E-state index is 14.3. The Balaban J connectivity index is 1.92. The molecule has 1 N–H and O–H groups in total. The highest BCUT2D eigenvalue weighted by Crippen LogP contribution is 2.35. The predicted octanol–water partition coefficient (Wildman–Crippen LogP) is 4.82. The number of rotatable bonds is 6.